The normalized spacial score (nSPS) is 11.7. The van der Waals surface area contributed by atoms with Gasteiger partial charge in [0.1, 0.15) is 11.6 Å². The van der Waals surface area contributed by atoms with Gasteiger partial charge >= 0.3 is 0 Å². The molecule has 0 radical (unpaired) electrons. The third-order valence-corrected chi connectivity index (χ3v) is 4.90. The first kappa shape index (κ1) is 15.5. The summed E-state index contributed by atoms with van der Waals surface area (Å²) < 4.78 is 32.1. The third-order valence-electron chi connectivity index (χ3n) is 3.49. The number of methoxy groups -OCH3 is 1. The number of nitrogens with one attached hydrogen (secondary N) is 2. The van der Waals surface area contributed by atoms with E-state index in [0.717, 1.165) is 16.6 Å². The molecule has 0 atom stereocenters. The second-order valence-corrected chi connectivity index (χ2v) is 6.97. The van der Waals surface area contributed by atoms with E-state index in [2.05, 4.69) is 14.7 Å². The summed E-state index contributed by atoms with van der Waals surface area (Å²) in [6, 6.07) is 12.1. The second-order valence-electron chi connectivity index (χ2n) is 5.20. The van der Waals surface area contributed by atoms with Crippen molar-refractivity contribution in [2.24, 2.45) is 0 Å². The van der Waals surface area contributed by atoms with Crippen LogP contribution < -0.4 is 9.46 Å². The highest BCUT2D eigenvalue weighted by Gasteiger charge is 2.14. The Balaban J connectivity index is 1.77. The van der Waals surface area contributed by atoms with E-state index < -0.39 is 10.0 Å². The van der Waals surface area contributed by atoms with E-state index >= 15 is 0 Å². The van der Waals surface area contributed by atoms with E-state index in [1.165, 1.54) is 19.2 Å². The first-order valence-electron chi connectivity index (χ1n) is 7.07. The maximum Gasteiger partial charge on any atom is 0.240 e. The fourth-order valence-electron chi connectivity index (χ4n) is 2.26. The Kier molecular flexibility index (Phi) is 4.06. The van der Waals surface area contributed by atoms with Gasteiger partial charge in [-0.25, -0.2) is 18.1 Å². The molecule has 1 heterocycles. The lowest BCUT2D eigenvalue weighted by Gasteiger charge is -2.06. The minimum atomic E-state index is -3.59. The van der Waals surface area contributed by atoms with Crippen molar-refractivity contribution >= 4 is 21.1 Å². The number of sulfonamides is 1. The number of fused-ring (bicyclic) bond motifs is 1. The summed E-state index contributed by atoms with van der Waals surface area (Å²) in [5, 5.41) is 0. The van der Waals surface area contributed by atoms with E-state index in [-0.39, 0.29) is 11.4 Å². The number of hydrogen-bond donors (Lipinski definition) is 2. The molecule has 2 aromatic carbocycles. The number of hydrogen-bond acceptors (Lipinski definition) is 4. The van der Waals surface area contributed by atoms with Crippen molar-refractivity contribution in [1.82, 2.24) is 14.7 Å². The van der Waals surface area contributed by atoms with Crippen LogP contribution in [0.4, 0.5) is 0 Å². The molecule has 3 rings (SSSR count). The van der Waals surface area contributed by atoms with Gasteiger partial charge in [-0.3, -0.25) is 0 Å². The molecule has 0 saturated heterocycles. The quantitative estimate of drug-likeness (QED) is 0.752. The number of benzene rings is 2. The Bertz CT molecular complexity index is 931. The topological polar surface area (TPSA) is 84.1 Å². The molecular formula is C16H17N3O3S. The van der Waals surface area contributed by atoms with Gasteiger partial charge in [0, 0.05) is 0 Å². The van der Waals surface area contributed by atoms with Crippen LogP contribution >= 0.6 is 0 Å². The molecule has 23 heavy (non-hydrogen) atoms. The first-order valence-corrected chi connectivity index (χ1v) is 8.55. The van der Waals surface area contributed by atoms with E-state index in [1.807, 2.05) is 25.1 Å². The van der Waals surface area contributed by atoms with Gasteiger partial charge in [-0.05, 0) is 48.9 Å². The summed E-state index contributed by atoms with van der Waals surface area (Å²) in [5.74, 6) is 1.18. The SMILES string of the molecule is COc1ccc(S(=O)(=O)NCc2nc3ccc(C)cc3[nH]2)cc1. The summed E-state index contributed by atoms with van der Waals surface area (Å²) in [5.41, 5.74) is 2.82. The van der Waals surface area contributed by atoms with Gasteiger partial charge in [-0.1, -0.05) is 6.07 Å². The second kappa shape index (κ2) is 6.02. The minimum absolute atomic E-state index is 0.0993. The van der Waals surface area contributed by atoms with Gasteiger partial charge in [0.25, 0.3) is 0 Å². The van der Waals surface area contributed by atoms with Crippen LogP contribution in [0.5, 0.6) is 5.75 Å². The summed E-state index contributed by atoms with van der Waals surface area (Å²) in [4.78, 5) is 7.68. The largest absolute Gasteiger partial charge is 0.497 e. The van der Waals surface area contributed by atoms with Crippen LogP contribution in [0.1, 0.15) is 11.4 Å². The van der Waals surface area contributed by atoms with Gasteiger partial charge < -0.3 is 9.72 Å². The Morgan fingerprint density at radius 1 is 1.17 bits per heavy atom. The Morgan fingerprint density at radius 2 is 1.91 bits per heavy atom. The highest BCUT2D eigenvalue weighted by Crippen LogP contribution is 2.16. The van der Waals surface area contributed by atoms with E-state index in [9.17, 15) is 8.42 Å². The highest BCUT2D eigenvalue weighted by molar-refractivity contribution is 7.89. The van der Waals surface area contributed by atoms with Crippen LogP contribution in [0.15, 0.2) is 47.4 Å². The molecule has 6 nitrogen and oxygen atoms in total. The molecule has 7 heteroatoms. The summed E-state index contributed by atoms with van der Waals surface area (Å²) in [6.45, 7) is 2.09. The number of imidazole rings is 1. The number of aromatic nitrogens is 2. The fourth-order valence-corrected chi connectivity index (χ4v) is 3.25. The standard InChI is InChI=1S/C16H17N3O3S/c1-11-3-8-14-15(9-11)19-16(18-14)10-17-23(20,21)13-6-4-12(22-2)5-7-13/h3-9,17H,10H2,1-2H3,(H,18,19). The monoisotopic (exact) mass is 331 g/mol. The van der Waals surface area contributed by atoms with Gasteiger partial charge in [0.2, 0.25) is 10.0 Å². The number of ether oxygens (including phenoxy) is 1. The van der Waals surface area contributed by atoms with E-state index in [1.54, 1.807) is 12.1 Å². The van der Waals surface area contributed by atoms with Gasteiger partial charge in [-0.2, -0.15) is 0 Å². The van der Waals surface area contributed by atoms with Crippen molar-refractivity contribution in [1.29, 1.82) is 0 Å². The Labute approximate surface area is 134 Å². The number of aromatic amines is 1. The number of aryl methyl sites for hydroxylation is 1. The molecule has 0 amide bonds. The molecule has 0 bridgehead atoms. The average Bonchev–Trinajstić information content (AvgIpc) is 2.95. The zero-order valence-electron chi connectivity index (χ0n) is 12.8. The van der Waals surface area contributed by atoms with E-state index in [0.29, 0.717) is 11.6 Å². The number of H-pyrrole nitrogens is 1. The maximum atomic E-state index is 12.3. The fraction of sp³-hybridized carbons (Fsp3) is 0.188. The van der Waals surface area contributed by atoms with Crippen LogP contribution in [0.2, 0.25) is 0 Å². The van der Waals surface area contributed by atoms with Crippen LogP contribution in [0.25, 0.3) is 11.0 Å². The molecule has 0 aliphatic carbocycles. The highest BCUT2D eigenvalue weighted by atomic mass is 32.2. The smallest absolute Gasteiger partial charge is 0.240 e. The van der Waals surface area contributed by atoms with Crippen LogP contribution in [-0.2, 0) is 16.6 Å². The summed E-state index contributed by atoms with van der Waals surface area (Å²) in [6.07, 6.45) is 0. The summed E-state index contributed by atoms with van der Waals surface area (Å²) >= 11 is 0. The molecular weight excluding hydrogens is 314 g/mol. The van der Waals surface area contributed by atoms with Crippen LogP contribution in [-0.4, -0.2) is 25.5 Å². The van der Waals surface area contributed by atoms with Gasteiger partial charge in [-0.15, -0.1) is 0 Å². The molecule has 0 fully saturated rings. The molecule has 0 aliphatic rings. The lowest BCUT2D eigenvalue weighted by atomic mass is 10.2. The number of nitrogens with zero attached hydrogens (tertiary/aromatic N) is 1. The van der Waals surface area contributed by atoms with Crippen LogP contribution in [0.3, 0.4) is 0 Å². The molecule has 0 spiro atoms. The van der Waals surface area contributed by atoms with E-state index in [4.69, 9.17) is 4.74 Å². The Morgan fingerprint density at radius 3 is 2.61 bits per heavy atom. The zero-order valence-corrected chi connectivity index (χ0v) is 13.6. The average molecular weight is 331 g/mol. The predicted octanol–water partition coefficient (Wildman–Crippen LogP) is 2.36. The molecule has 0 aliphatic heterocycles. The van der Waals surface area contributed by atoms with Gasteiger partial charge in [0.15, 0.2) is 0 Å². The van der Waals surface area contributed by atoms with Gasteiger partial charge in [0.05, 0.1) is 29.6 Å². The minimum Gasteiger partial charge on any atom is -0.497 e. The lowest BCUT2D eigenvalue weighted by molar-refractivity contribution is 0.414. The first-order chi connectivity index (χ1) is 11.0. The van der Waals surface area contributed by atoms with Crippen molar-refractivity contribution in [2.75, 3.05) is 7.11 Å². The van der Waals surface area contributed by atoms with Crippen molar-refractivity contribution in [3.8, 4) is 5.75 Å². The zero-order chi connectivity index (χ0) is 16.4. The molecule has 2 N–H and O–H groups in total. The third kappa shape index (κ3) is 3.35. The van der Waals surface area contributed by atoms with Crippen molar-refractivity contribution in [3.05, 3.63) is 53.9 Å². The predicted molar refractivity (Wildman–Crippen MR) is 87.9 cm³/mol. The molecule has 120 valence electrons. The van der Waals surface area contributed by atoms with Crippen molar-refractivity contribution < 1.29 is 13.2 Å². The Hall–Kier alpha value is -2.38. The molecule has 3 aromatic rings. The van der Waals surface area contributed by atoms with Crippen LogP contribution in [0, 0.1) is 6.92 Å². The maximum absolute atomic E-state index is 12.3. The molecule has 0 saturated carbocycles. The molecule has 1 aromatic heterocycles. The summed E-state index contributed by atoms with van der Waals surface area (Å²) in [7, 11) is -2.06. The molecule has 0 unspecified atom stereocenters. The van der Waals surface area contributed by atoms with Crippen molar-refractivity contribution in [3.63, 3.8) is 0 Å². The lowest BCUT2D eigenvalue weighted by Crippen LogP contribution is -2.23. The van der Waals surface area contributed by atoms with Crippen molar-refractivity contribution in [2.45, 2.75) is 18.4 Å². The number of rotatable bonds is 5.